The summed E-state index contributed by atoms with van der Waals surface area (Å²) in [6.07, 6.45) is 10.6. The second-order valence-electron chi connectivity index (χ2n) is 5.11. The first kappa shape index (κ1) is 14.8. The van der Waals surface area contributed by atoms with Gasteiger partial charge in [-0.3, -0.25) is 4.98 Å². The zero-order valence-electron chi connectivity index (χ0n) is 12.4. The molecule has 3 nitrogen and oxygen atoms in total. The Morgan fingerprint density at radius 1 is 1.18 bits per heavy atom. The highest BCUT2D eigenvalue weighted by Crippen LogP contribution is 2.21. The molecule has 3 rings (SSSR count). The lowest BCUT2D eigenvalue weighted by atomic mass is 10.1. The Balaban J connectivity index is 1.93. The zero-order chi connectivity index (χ0) is 15.4. The molecule has 0 unspecified atom stereocenters. The molecular formula is C18H17ClN3. The van der Waals surface area contributed by atoms with Gasteiger partial charge in [-0.2, -0.15) is 0 Å². The minimum Gasteiger partial charge on any atom is -0.304 e. The third kappa shape index (κ3) is 3.04. The van der Waals surface area contributed by atoms with Gasteiger partial charge < -0.3 is 4.57 Å². The summed E-state index contributed by atoms with van der Waals surface area (Å²) in [5.41, 5.74) is 5.44. The minimum atomic E-state index is 0.529. The number of hydrogen-bond acceptors (Lipinski definition) is 2. The van der Waals surface area contributed by atoms with Crippen molar-refractivity contribution in [2.45, 2.75) is 19.2 Å². The fraction of sp³-hybridized carbons (Fsp3) is 0.167. The number of nitrogens with zero attached hydrogens (tertiary/aromatic N) is 3. The Hall–Kier alpha value is -2.13. The largest absolute Gasteiger partial charge is 0.304 e. The number of hydrogen-bond donors (Lipinski definition) is 0. The zero-order valence-corrected chi connectivity index (χ0v) is 13.2. The Labute approximate surface area is 135 Å². The van der Waals surface area contributed by atoms with Crippen molar-refractivity contribution in [3.05, 3.63) is 72.8 Å². The van der Waals surface area contributed by atoms with E-state index in [9.17, 15) is 0 Å². The van der Waals surface area contributed by atoms with E-state index < -0.39 is 0 Å². The monoisotopic (exact) mass is 310 g/mol. The first-order valence-corrected chi connectivity index (χ1v) is 7.75. The van der Waals surface area contributed by atoms with Crippen LogP contribution >= 0.6 is 11.6 Å². The number of pyridine rings is 1. The quantitative estimate of drug-likeness (QED) is 0.652. The van der Waals surface area contributed by atoms with Crippen molar-refractivity contribution in [2.75, 3.05) is 0 Å². The molecule has 0 saturated carbocycles. The standard InChI is InChI=1S/C18H17ClN3/c1-2-3-16-8-9-20-11-18(16)22-12-17(21-13-22)15-6-4-14(10-19)5-7-15/h2,4-9,11-13H,3,10H2,1H3. The fourth-order valence-corrected chi connectivity index (χ4v) is 2.59. The Morgan fingerprint density at radius 3 is 2.73 bits per heavy atom. The van der Waals surface area contributed by atoms with Crippen molar-refractivity contribution in [2.24, 2.45) is 0 Å². The van der Waals surface area contributed by atoms with E-state index in [0.29, 0.717) is 5.88 Å². The molecule has 0 atom stereocenters. The molecule has 3 aromatic rings. The van der Waals surface area contributed by atoms with E-state index in [1.807, 2.05) is 59.8 Å². The summed E-state index contributed by atoms with van der Waals surface area (Å²) < 4.78 is 2.02. The van der Waals surface area contributed by atoms with Gasteiger partial charge >= 0.3 is 0 Å². The second kappa shape index (κ2) is 6.75. The first-order valence-electron chi connectivity index (χ1n) is 7.22. The average molecular weight is 311 g/mol. The van der Waals surface area contributed by atoms with Crippen molar-refractivity contribution in [1.29, 1.82) is 0 Å². The van der Waals surface area contributed by atoms with Gasteiger partial charge in [0.05, 0.1) is 23.9 Å². The van der Waals surface area contributed by atoms with Gasteiger partial charge in [-0.1, -0.05) is 31.2 Å². The molecule has 111 valence electrons. The van der Waals surface area contributed by atoms with Gasteiger partial charge in [0.25, 0.3) is 0 Å². The highest BCUT2D eigenvalue weighted by molar-refractivity contribution is 6.17. The molecule has 0 aliphatic heterocycles. The van der Waals surface area contributed by atoms with E-state index in [0.717, 1.165) is 28.9 Å². The molecule has 0 amide bonds. The van der Waals surface area contributed by atoms with Crippen molar-refractivity contribution in [3.8, 4) is 16.9 Å². The fourth-order valence-electron chi connectivity index (χ4n) is 2.41. The average Bonchev–Trinajstić information content (AvgIpc) is 3.05. The predicted molar refractivity (Wildman–Crippen MR) is 90.0 cm³/mol. The number of halogens is 1. The Morgan fingerprint density at radius 2 is 2.00 bits per heavy atom. The third-order valence-corrected chi connectivity index (χ3v) is 3.89. The van der Waals surface area contributed by atoms with Crippen LogP contribution in [0.15, 0.2) is 55.2 Å². The number of alkyl halides is 1. The van der Waals surface area contributed by atoms with Crippen LogP contribution in [0.2, 0.25) is 0 Å². The van der Waals surface area contributed by atoms with Gasteiger partial charge in [0.2, 0.25) is 0 Å². The van der Waals surface area contributed by atoms with E-state index in [-0.39, 0.29) is 0 Å². The molecule has 22 heavy (non-hydrogen) atoms. The number of benzene rings is 1. The van der Waals surface area contributed by atoms with Crippen molar-refractivity contribution in [3.63, 3.8) is 0 Å². The molecule has 1 radical (unpaired) electrons. The van der Waals surface area contributed by atoms with Crippen LogP contribution in [0.4, 0.5) is 0 Å². The Kier molecular flexibility index (Phi) is 4.54. The lowest BCUT2D eigenvalue weighted by Crippen LogP contribution is -1.98. The van der Waals surface area contributed by atoms with Crippen molar-refractivity contribution < 1.29 is 0 Å². The molecule has 4 heteroatoms. The van der Waals surface area contributed by atoms with E-state index in [1.54, 1.807) is 0 Å². The van der Waals surface area contributed by atoms with Crippen LogP contribution in [-0.4, -0.2) is 14.5 Å². The molecule has 0 bridgehead atoms. The normalized spacial score (nSPS) is 10.8. The maximum Gasteiger partial charge on any atom is 0.1000 e. The summed E-state index contributed by atoms with van der Waals surface area (Å²) >= 11 is 5.83. The van der Waals surface area contributed by atoms with Gasteiger partial charge in [-0.05, 0) is 30.0 Å². The summed E-state index contributed by atoms with van der Waals surface area (Å²) in [6, 6.07) is 10.2. The smallest absolute Gasteiger partial charge is 0.1000 e. The summed E-state index contributed by atoms with van der Waals surface area (Å²) in [7, 11) is 0. The molecule has 0 N–H and O–H groups in total. The van der Waals surface area contributed by atoms with Crippen LogP contribution in [0, 0.1) is 6.42 Å². The molecular weight excluding hydrogens is 294 g/mol. The van der Waals surface area contributed by atoms with E-state index >= 15 is 0 Å². The molecule has 0 spiro atoms. The minimum absolute atomic E-state index is 0.529. The second-order valence-corrected chi connectivity index (χ2v) is 5.38. The molecule has 0 aliphatic rings. The summed E-state index contributed by atoms with van der Waals surface area (Å²) in [4.78, 5) is 8.74. The van der Waals surface area contributed by atoms with Crippen LogP contribution < -0.4 is 0 Å². The van der Waals surface area contributed by atoms with Crippen LogP contribution in [0.25, 0.3) is 16.9 Å². The molecule has 0 fully saturated rings. The third-order valence-electron chi connectivity index (χ3n) is 3.58. The SMILES string of the molecule is C[CH]Cc1ccncc1-n1cnc(-c2ccc(CCl)cc2)c1. The van der Waals surface area contributed by atoms with Crippen molar-refractivity contribution >= 4 is 11.6 Å². The highest BCUT2D eigenvalue weighted by atomic mass is 35.5. The maximum absolute atomic E-state index is 5.83. The maximum atomic E-state index is 5.83. The lowest BCUT2D eigenvalue weighted by Gasteiger charge is -2.07. The highest BCUT2D eigenvalue weighted by Gasteiger charge is 2.07. The van der Waals surface area contributed by atoms with Gasteiger partial charge in [0.15, 0.2) is 0 Å². The van der Waals surface area contributed by atoms with Crippen LogP contribution in [0.3, 0.4) is 0 Å². The number of rotatable bonds is 5. The van der Waals surface area contributed by atoms with Gasteiger partial charge in [-0.15, -0.1) is 11.6 Å². The van der Waals surface area contributed by atoms with E-state index in [4.69, 9.17) is 11.6 Å². The van der Waals surface area contributed by atoms with Crippen LogP contribution in [0.1, 0.15) is 18.1 Å². The summed E-state index contributed by atoms with van der Waals surface area (Å²) in [5, 5.41) is 0. The first-order chi connectivity index (χ1) is 10.8. The lowest BCUT2D eigenvalue weighted by molar-refractivity contribution is 0.989. The molecule has 1 aromatic carbocycles. The summed E-state index contributed by atoms with van der Waals surface area (Å²) in [5.74, 6) is 0.529. The Bertz CT molecular complexity index is 747. The van der Waals surface area contributed by atoms with Crippen molar-refractivity contribution in [1.82, 2.24) is 14.5 Å². The molecule has 2 heterocycles. The van der Waals surface area contributed by atoms with E-state index in [2.05, 4.69) is 23.3 Å². The molecule has 0 aliphatic carbocycles. The molecule has 0 saturated heterocycles. The number of imidazole rings is 1. The van der Waals surface area contributed by atoms with Gasteiger partial charge in [-0.25, -0.2) is 4.98 Å². The predicted octanol–water partition coefficient (Wildman–Crippen LogP) is 4.44. The topological polar surface area (TPSA) is 30.7 Å². The van der Waals surface area contributed by atoms with E-state index in [1.165, 1.54) is 5.56 Å². The van der Waals surface area contributed by atoms with Crippen LogP contribution in [-0.2, 0) is 12.3 Å². The van der Waals surface area contributed by atoms with Gasteiger partial charge in [0.1, 0.15) is 0 Å². The van der Waals surface area contributed by atoms with Crippen LogP contribution in [0.5, 0.6) is 0 Å². The van der Waals surface area contributed by atoms with Gasteiger partial charge in [0, 0.05) is 23.8 Å². The molecule has 2 aromatic heterocycles. The summed E-state index contributed by atoms with van der Waals surface area (Å²) in [6.45, 7) is 2.06. The number of aromatic nitrogens is 3.